The Morgan fingerprint density at radius 1 is 0.403 bits per heavy atom. The number of rotatable bonds is 9. The average molecular weight is 963 g/mol. The van der Waals surface area contributed by atoms with Crippen molar-refractivity contribution in [3.8, 4) is 11.4 Å². The number of imide groups is 2. The smallest absolute Gasteiger partial charge is 0.277 e. The van der Waals surface area contributed by atoms with Gasteiger partial charge in [0.05, 0.1) is 60.9 Å². The van der Waals surface area contributed by atoms with Crippen molar-refractivity contribution in [2.24, 2.45) is 0 Å². The molecule has 0 saturated carbocycles. The summed E-state index contributed by atoms with van der Waals surface area (Å²) in [5.41, 5.74) is -0.826. The monoisotopic (exact) mass is 962 g/mol. The molecule has 0 spiro atoms. The van der Waals surface area contributed by atoms with Crippen LogP contribution in [-0.2, 0) is 18.3 Å². The number of aryl methyl sites for hydroxylation is 1. The van der Waals surface area contributed by atoms with Crippen LogP contribution >= 0.6 is 0 Å². The van der Waals surface area contributed by atoms with Gasteiger partial charge in [0.15, 0.2) is 0 Å². The Morgan fingerprint density at radius 2 is 0.736 bits per heavy atom. The molecular weight excluding hydrogens is 926 g/mol. The van der Waals surface area contributed by atoms with Gasteiger partial charge < -0.3 is 0 Å². The Kier molecular flexibility index (Phi) is 10.2. The number of anilines is 1. The van der Waals surface area contributed by atoms with Crippen molar-refractivity contribution in [1.82, 2.24) is 14.0 Å². The summed E-state index contributed by atoms with van der Waals surface area (Å²) in [5, 5.41) is 0.0425. The zero-order valence-corrected chi connectivity index (χ0v) is 38.5. The van der Waals surface area contributed by atoms with Crippen LogP contribution in [0.2, 0.25) is 0 Å². The molecule has 0 saturated heterocycles. The number of benzene rings is 7. The number of carbonyl (C=O) groups is 4. The van der Waals surface area contributed by atoms with Gasteiger partial charge in [0.2, 0.25) is 0 Å². The van der Waals surface area contributed by atoms with Crippen molar-refractivity contribution in [3.05, 3.63) is 248 Å². The molecular formula is C57H37F3N4O8. The molecule has 0 fully saturated rings. The lowest BCUT2D eigenvalue weighted by atomic mass is 9.74. The summed E-state index contributed by atoms with van der Waals surface area (Å²) in [7, 11) is 1.24. The third-order valence-corrected chi connectivity index (χ3v) is 14.1. The molecule has 12 nitrogen and oxygen atoms in total. The molecule has 354 valence electrons. The molecule has 0 bridgehead atoms. The molecule has 0 aliphatic carbocycles. The Bertz CT molecular complexity index is 3980. The van der Waals surface area contributed by atoms with E-state index >= 15 is 13.2 Å². The maximum Gasteiger partial charge on any atom is 0.402 e. The number of nitrogens with zero attached hydrogens (tertiary/aromatic N) is 4. The zero-order valence-electron chi connectivity index (χ0n) is 38.5. The van der Waals surface area contributed by atoms with Gasteiger partial charge in [-0.1, -0.05) is 78.4 Å². The molecule has 15 heteroatoms. The Labute approximate surface area is 405 Å². The van der Waals surface area contributed by atoms with Crippen molar-refractivity contribution in [2.75, 3.05) is 11.9 Å². The van der Waals surface area contributed by atoms with Crippen LogP contribution in [0.1, 0.15) is 87.3 Å². The average Bonchev–Trinajstić information content (AvgIpc) is 3.96. The predicted octanol–water partition coefficient (Wildman–Crippen LogP) is 8.28. The van der Waals surface area contributed by atoms with E-state index in [2.05, 4.69) is 0 Å². The van der Waals surface area contributed by atoms with Crippen LogP contribution in [0.25, 0.3) is 32.9 Å². The zero-order chi connectivity index (χ0) is 50.7. The highest BCUT2D eigenvalue weighted by Gasteiger charge is 2.55. The summed E-state index contributed by atoms with van der Waals surface area (Å²) < 4.78 is 47.3. The minimum atomic E-state index is -4.93. The van der Waals surface area contributed by atoms with E-state index in [0.717, 1.165) is 77.9 Å². The number of amides is 4. The standard InChI is InChI=1S/C57H37F3N4O8/c1-30-4-6-31(7-5-30)24-32-10-18-38(19-11-32)63-52(69)44-28-46-47(29-45(44)53(63)70)55(72)64(54(46)71)39-20-12-34(13-21-39)25-33-8-16-37(17-9-33)62-50(67)41-23-15-36(27-43(41)51(62)68)56(2,57(58,59)60)35-14-22-40-42(26-35)49(66)61(3)48(40)65/h4-23,26-29H,24-25H2,1-3H3. The minimum absolute atomic E-state index is 0.000743. The highest BCUT2D eigenvalue weighted by atomic mass is 19.4. The molecule has 0 radical (unpaired) electrons. The summed E-state index contributed by atoms with van der Waals surface area (Å²) in [4.78, 5) is 109. The van der Waals surface area contributed by atoms with E-state index in [1.807, 2.05) is 43.3 Å². The van der Waals surface area contributed by atoms with Crippen LogP contribution < -0.4 is 27.1 Å². The normalized spacial score (nSPS) is 14.5. The van der Waals surface area contributed by atoms with Crippen LogP contribution in [-0.4, -0.2) is 50.9 Å². The van der Waals surface area contributed by atoms with E-state index in [1.165, 1.54) is 31.3 Å². The second-order valence-electron chi connectivity index (χ2n) is 18.4. The van der Waals surface area contributed by atoms with Crippen molar-refractivity contribution in [1.29, 1.82) is 0 Å². The summed E-state index contributed by atoms with van der Waals surface area (Å²) in [6, 6.07) is 37.7. The Balaban J connectivity index is 0.808. The highest BCUT2D eigenvalue weighted by molar-refractivity contribution is 6.34. The van der Waals surface area contributed by atoms with Gasteiger partial charge in [0.1, 0.15) is 5.41 Å². The van der Waals surface area contributed by atoms with Crippen molar-refractivity contribution in [2.45, 2.75) is 38.3 Å². The first-order valence-corrected chi connectivity index (χ1v) is 22.7. The first-order valence-electron chi connectivity index (χ1n) is 22.7. The van der Waals surface area contributed by atoms with Crippen LogP contribution in [0.5, 0.6) is 0 Å². The quantitative estimate of drug-likeness (QED) is 0.131. The van der Waals surface area contributed by atoms with Crippen LogP contribution in [0.3, 0.4) is 0 Å². The van der Waals surface area contributed by atoms with Crippen LogP contribution in [0.4, 0.5) is 18.9 Å². The molecule has 0 N–H and O–H groups in total. The van der Waals surface area contributed by atoms with Gasteiger partial charge in [-0.3, -0.25) is 43.3 Å². The number of hydrogen-bond donors (Lipinski definition) is 0. The van der Waals surface area contributed by atoms with Crippen molar-refractivity contribution >= 4 is 50.9 Å². The van der Waals surface area contributed by atoms with Gasteiger partial charge >= 0.3 is 6.18 Å². The number of hydrogen-bond acceptors (Lipinski definition) is 8. The van der Waals surface area contributed by atoms with Crippen molar-refractivity contribution in [3.63, 3.8) is 0 Å². The van der Waals surface area contributed by atoms with Gasteiger partial charge in [0.25, 0.3) is 45.9 Å². The van der Waals surface area contributed by atoms with Gasteiger partial charge in [-0.25, -0.2) is 14.0 Å². The van der Waals surface area contributed by atoms with E-state index in [4.69, 9.17) is 0 Å². The summed E-state index contributed by atoms with van der Waals surface area (Å²) in [5.74, 6) is -2.92. The molecule has 2 aliphatic rings. The number of alkyl halides is 3. The van der Waals surface area contributed by atoms with E-state index in [0.29, 0.717) is 18.5 Å². The summed E-state index contributed by atoms with van der Waals surface area (Å²) in [6.07, 6.45) is -3.91. The largest absolute Gasteiger partial charge is 0.402 e. The van der Waals surface area contributed by atoms with E-state index in [1.54, 1.807) is 60.7 Å². The second-order valence-corrected chi connectivity index (χ2v) is 18.4. The predicted molar refractivity (Wildman–Crippen MR) is 264 cm³/mol. The SMILES string of the molecule is Cc1ccc(Cc2ccc(-n3c(=O)c4cc5c(=O)n(-c6ccc(Cc7ccc(N8C(=O)c9ccc(C(C)(c%10ccc%11c(c%10)C(=O)N(C)C%11=O)C(F)(F)F)cc9C8=O)cc7)cc6)c(=O)c5cc4c3=O)cc2)cc1. The lowest BCUT2D eigenvalue weighted by Crippen LogP contribution is -2.41. The lowest BCUT2D eigenvalue weighted by molar-refractivity contribution is -0.173. The van der Waals surface area contributed by atoms with E-state index in [9.17, 15) is 38.4 Å². The summed E-state index contributed by atoms with van der Waals surface area (Å²) >= 11 is 0. The lowest BCUT2D eigenvalue weighted by Gasteiger charge is -2.33. The molecule has 4 amide bonds. The molecule has 72 heavy (non-hydrogen) atoms. The number of aromatic nitrogens is 2. The van der Waals surface area contributed by atoms with Crippen molar-refractivity contribution < 1.29 is 32.3 Å². The molecule has 9 aromatic rings. The van der Waals surface area contributed by atoms with Gasteiger partial charge in [-0.15, -0.1) is 0 Å². The Hall–Kier alpha value is -9.11. The van der Waals surface area contributed by atoms with Gasteiger partial charge in [-0.05, 0) is 133 Å². The van der Waals surface area contributed by atoms with Gasteiger partial charge in [-0.2, -0.15) is 13.2 Å². The molecule has 2 aromatic heterocycles. The molecule has 1 atom stereocenters. The first kappa shape index (κ1) is 45.3. The summed E-state index contributed by atoms with van der Waals surface area (Å²) in [6.45, 7) is 2.93. The first-order chi connectivity index (χ1) is 34.3. The van der Waals surface area contributed by atoms with Gasteiger partial charge in [0, 0.05) is 7.05 Å². The minimum Gasteiger partial charge on any atom is -0.277 e. The van der Waals surface area contributed by atoms with E-state index in [-0.39, 0.29) is 66.3 Å². The number of halogens is 3. The fourth-order valence-electron chi connectivity index (χ4n) is 9.86. The van der Waals surface area contributed by atoms with Crippen LogP contribution in [0, 0.1) is 6.92 Å². The Morgan fingerprint density at radius 3 is 1.14 bits per heavy atom. The number of fused-ring (bicyclic) bond motifs is 4. The molecule has 11 rings (SSSR count). The fraction of sp³-hybridized carbons (Fsp3) is 0.123. The molecule has 2 aliphatic heterocycles. The highest BCUT2D eigenvalue weighted by Crippen LogP contribution is 2.48. The van der Waals surface area contributed by atoms with E-state index < -0.39 is 57.5 Å². The fourth-order valence-corrected chi connectivity index (χ4v) is 9.86. The van der Waals surface area contributed by atoms with Crippen LogP contribution in [0.15, 0.2) is 165 Å². The third kappa shape index (κ3) is 6.90. The molecule has 1 unspecified atom stereocenters. The second kappa shape index (κ2) is 16.2. The molecule has 7 aromatic carbocycles. The maximum absolute atomic E-state index is 15.1. The third-order valence-electron chi connectivity index (χ3n) is 14.1. The number of carbonyl (C=O) groups excluding carboxylic acids is 4. The molecule has 4 heterocycles. The maximum atomic E-state index is 15.1. The topological polar surface area (TPSA) is 153 Å².